The van der Waals surface area contributed by atoms with E-state index < -0.39 is 0 Å². The number of hydrogen-bond acceptors (Lipinski definition) is 6. The van der Waals surface area contributed by atoms with E-state index in [0.29, 0.717) is 18.3 Å². The number of nitrogen functional groups attached to an aromatic ring is 1. The minimum atomic E-state index is 0.471. The van der Waals surface area contributed by atoms with Crippen molar-refractivity contribution in [1.82, 2.24) is 9.97 Å². The molecule has 0 saturated heterocycles. The Labute approximate surface area is 107 Å². The molecule has 0 saturated carbocycles. The number of nitrogens with zero attached hydrogens (tertiary/aromatic N) is 2. The molecule has 0 spiro atoms. The van der Waals surface area contributed by atoms with Crippen LogP contribution in [0.3, 0.4) is 0 Å². The van der Waals surface area contributed by atoms with Crippen LogP contribution in [0.4, 0.5) is 5.82 Å². The van der Waals surface area contributed by atoms with Gasteiger partial charge in [0.25, 0.3) is 0 Å². The molecule has 0 fully saturated rings. The summed E-state index contributed by atoms with van der Waals surface area (Å²) in [6, 6.07) is 1.79. The van der Waals surface area contributed by atoms with Gasteiger partial charge < -0.3 is 10.2 Å². The summed E-state index contributed by atoms with van der Waals surface area (Å²) in [6.45, 7) is 4.86. The monoisotopic (exact) mass is 256 g/mol. The van der Waals surface area contributed by atoms with Gasteiger partial charge in [-0.2, -0.15) is 11.8 Å². The van der Waals surface area contributed by atoms with Crippen LogP contribution in [0.2, 0.25) is 0 Å². The lowest BCUT2D eigenvalue weighted by atomic mass is 10.3. The number of nitrogens with two attached hydrogens (primary N) is 1. The van der Waals surface area contributed by atoms with E-state index in [1.807, 2.05) is 11.8 Å². The van der Waals surface area contributed by atoms with E-state index in [2.05, 4.69) is 29.2 Å². The van der Waals surface area contributed by atoms with Gasteiger partial charge in [-0.15, -0.1) is 0 Å². The quantitative estimate of drug-likeness (QED) is 0.572. The Morgan fingerprint density at radius 3 is 2.82 bits per heavy atom. The van der Waals surface area contributed by atoms with Crippen LogP contribution >= 0.6 is 11.8 Å². The molecule has 0 amide bonds. The van der Waals surface area contributed by atoms with Gasteiger partial charge in [0.1, 0.15) is 11.6 Å². The topological polar surface area (TPSA) is 73.1 Å². The number of methoxy groups -OCH3 is 1. The van der Waals surface area contributed by atoms with Crippen molar-refractivity contribution in [2.24, 2.45) is 11.8 Å². The summed E-state index contributed by atoms with van der Waals surface area (Å²) in [5.41, 5.74) is 3.39. The molecule has 0 unspecified atom stereocenters. The summed E-state index contributed by atoms with van der Waals surface area (Å²) in [7, 11) is 1.64. The summed E-state index contributed by atoms with van der Waals surface area (Å²) in [5, 5.41) is 0. The molecule has 0 aliphatic rings. The van der Waals surface area contributed by atoms with Gasteiger partial charge in [-0.1, -0.05) is 13.8 Å². The fraction of sp³-hybridized carbons (Fsp3) is 0.636. The van der Waals surface area contributed by atoms with Gasteiger partial charge in [0, 0.05) is 13.2 Å². The highest BCUT2D eigenvalue weighted by Crippen LogP contribution is 2.15. The van der Waals surface area contributed by atoms with E-state index in [1.165, 1.54) is 0 Å². The fourth-order valence-corrected chi connectivity index (χ4v) is 2.20. The predicted octanol–water partition coefficient (Wildman–Crippen LogP) is 1.80. The zero-order valence-electron chi connectivity index (χ0n) is 10.6. The molecular weight excluding hydrogens is 236 g/mol. The highest BCUT2D eigenvalue weighted by atomic mass is 32.2. The Bertz CT molecular complexity index is 346. The lowest BCUT2D eigenvalue weighted by Gasteiger charge is -2.08. The van der Waals surface area contributed by atoms with Crippen molar-refractivity contribution in [3.63, 3.8) is 0 Å². The van der Waals surface area contributed by atoms with Crippen LogP contribution in [0, 0.1) is 5.92 Å². The number of ether oxygens (including phenoxy) is 1. The third kappa shape index (κ3) is 5.34. The first-order valence-electron chi connectivity index (χ1n) is 5.55. The SMILES string of the molecule is COCc1cc(NN)nc(CSCC(C)C)n1. The molecule has 3 N–H and O–H groups in total. The van der Waals surface area contributed by atoms with Crippen molar-refractivity contribution in [2.45, 2.75) is 26.2 Å². The summed E-state index contributed by atoms with van der Waals surface area (Å²) in [4.78, 5) is 8.72. The first-order chi connectivity index (χ1) is 8.15. The minimum absolute atomic E-state index is 0.471. The highest BCUT2D eigenvalue weighted by Gasteiger charge is 2.05. The number of nitrogens with one attached hydrogen (secondary N) is 1. The summed E-state index contributed by atoms with van der Waals surface area (Å²) in [6.07, 6.45) is 0. The van der Waals surface area contributed by atoms with E-state index in [1.54, 1.807) is 13.2 Å². The molecule has 96 valence electrons. The van der Waals surface area contributed by atoms with Gasteiger partial charge in [-0.25, -0.2) is 15.8 Å². The number of aromatic nitrogens is 2. The molecule has 0 aliphatic carbocycles. The summed E-state index contributed by atoms with van der Waals surface area (Å²) < 4.78 is 5.06. The second kappa shape index (κ2) is 7.47. The number of anilines is 1. The standard InChI is InChI=1S/C11H20N4OS/c1-8(2)6-17-7-11-13-9(5-16-3)4-10(14-11)15-12/h4,8H,5-7,12H2,1-3H3,(H,13,14,15). The number of thioether (sulfide) groups is 1. The number of hydrazine groups is 1. The number of hydrogen-bond donors (Lipinski definition) is 2. The lowest BCUT2D eigenvalue weighted by molar-refractivity contribution is 0.181. The Balaban J connectivity index is 2.66. The predicted molar refractivity (Wildman–Crippen MR) is 71.6 cm³/mol. The van der Waals surface area contributed by atoms with Crippen molar-refractivity contribution in [3.05, 3.63) is 17.6 Å². The molecular formula is C11H20N4OS. The molecule has 6 heteroatoms. The molecule has 5 nitrogen and oxygen atoms in total. The molecule has 1 heterocycles. The Morgan fingerprint density at radius 2 is 2.24 bits per heavy atom. The third-order valence-corrected chi connectivity index (χ3v) is 3.31. The van der Waals surface area contributed by atoms with Crippen molar-refractivity contribution >= 4 is 17.6 Å². The van der Waals surface area contributed by atoms with Crippen LogP contribution in [0.15, 0.2) is 6.07 Å². The molecule has 0 bridgehead atoms. The normalized spacial score (nSPS) is 10.9. The van der Waals surface area contributed by atoms with Crippen molar-refractivity contribution in [3.8, 4) is 0 Å². The molecule has 0 aromatic carbocycles. The van der Waals surface area contributed by atoms with Gasteiger partial charge in [0.05, 0.1) is 18.1 Å². The van der Waals surface area contributed by atoms with Crippen LogP contribution in [0.5, 0.6) is 0 Å². The fourth-order valence-electron chi connectivity index (χ4n) is 1.30. The largest absolute Gasteiger partial charge is 0.378 e. The van der Waals surface area contributed by atoms with Crippen LogP contribution in [-0.4, -0.2) is 22.8 Å². The maximum absolute atomic E-state index is 5.37. The molecule has 0 radical (unpaired) electrons. The zero-order valence-corrected chi connectivity index (χ0v) is 11.4. The van der Waals surface area contributed by atoms with Crippen molar-refractivity contribution < 1.29 is 4.74 Å². The van der Waals surface area contributed by atoms with Crippen LogP contribution in [-0.2, 0) is 17.1 Å². The molecule has 1 aromatic rings. The second-order valence-corrected chi connectivity index (χ2v) is 5.18. The van der Waals surface area contributed by atoms with Crippen LogP contribution in [0.1, 0.15) is 25.4 Å². The maximum atomic E-state index is 5.37. The minimum Gasteiger partial charge on any atom is -0.378 e. The first-order valence-corrected chi connectivity index (χ1v) is 6.71. The second-order valence-electron chi connectivity index (χ2n) is 4.15. The Morgan fingerprint density at radius 1 is 1.47 bits per heavy atom. The third-order valence-electron chi connectivity index (χ3n) is 1.95. The van der Waals surface area contributed by atoms with E-state index in [-0.39, 0.29) is 0 Å². The van der Waals surface area contributed by atoms with Gasteiger partial charge in [0.15, 0.2) is 0 Å². The zero-order chi connectivity index (χ0) is 12.7. The molecule has 1 aromatic heterocycles. The molecule has 1 rings (SSSR count). The average molecular weight is 256 g/mol. The summed E-state index contributed by atoms with van der Waals surface area (Å²) in [5.74, 6) is 9.37. The Hall–Kier alpha value is -0.850. The van der Waals surface area contributed by atoms with E-state index >= 15 is 0 Å². The maximum Gasteiger partial charge on any atom is 0.144 e. The van der Waals surface area contributed by atoms with E-state index in [4.69, 9.17) is 10.6 Å². The average Bonchev–Trinajstić information content (AvgIpc) is 2.28. The van der Waals surface area contributed by atoms with Gasteiger partial charge in [-0.3, -0.25) is 0 Å². The van der Waals surface area contributed by atoms with E-state index in [0.717, 1.165) is 23.0 Å². The van der Waals surface area contributed by atoms with E-state index in [9.17, 15) is 0 Å². The highest BCUT2D eigenvalue weighted by molar-refractivity contribution is 7.98. The molecule has 0 atom stereocenters. The van der Waals surface area contributed by atoms with Crippen LogP contribution in [0.25, 0.3) is 0 Å². The Kier molecular flexibility index (Phi) is 6.25. The van der Waals surface area contributed by atoms with Gasteiger partial charge >= 0.3 is 0 Å². The van der Waals surface area contributed by atoms with Crippen molar-refractivity contribution in [1.29, 1.82) is 0 Å². The summed E-state index contributed by atoms with van der Waals surface area (Å²) >= 11 is 1.83. The van der Waals surface area contributed by atoms with Crippen LogP contribution < -0.4 is 11.3 Å². The van der Waals surface area contributed by atoms with Gasteiger partial charge in [0.2, 0.25) is 0 Å². The van der Waals surface area contributed by atoms with Gasteiger partial charge in [-0.05, 0) is 11.7 Å². The molecule has 17 heavy (non-hydrogen) atoms. The first kappa shape index (κ1) is 14.2. The number of rotatable bonds is 7. The smallest absolute Gasteiger partial charge is 0.144 e. The molecule has 0 aliphatic heterocycles. The van der Waals surface area contributed by atoms with Crippen molar-refractivity contribution in [2.75, 3.05) is 18.3 Å². The lowest BCUT2D eigenvalue weighted by Crippen LogP contribution is -2.11.